The average molecular weight is 358 g/mol. The van der Waals surface area contributed by atoms with Crippen LogP contribution in [-0.2, 0) is 6.42 Å². The van der Waals surface area contributed by atoms with Crippen LogP contribution in [0.15, 0.2) is 66.7 Å². The van der Waals surface area contributed by atoms with E-state index in [1.54, 1.807) is 25.1 Å². The number of carbonyl (C=O) groups is 1. The second-order valence-electron chi connectivity index (χ2n) is 6.30. The molecule has 0 fully saturated rings. The highest BCUT2D eigenvalue weighted by Crippen LogP contribution is 2.24. The van der Waals surface area contributed by atoms with Gasteiger partial charge in [0.15, 0.2) is 0 Å². The molecule has 0 aliphatic carbocycles. The summed E-state index contributed by atoms with van der Waals surface area (Å²) in [6, 6.07) is 19.7. The van der Waals surface area contributed by atoms with Crippen LogP contribution in [0.2, 0.25) is 0 Å². The summed E-state index contributed by atoms with van der Waals surface area (Å²) in [5.41, 5.74) is 3.93. The lowest BCUT2D eigenvalue weighted by Crippen LogP contribution is -2.10. The lowest BCUT2D eigenvalue weighted by Gasteiger charge is -2.08. The first-order chi connectivity index (χ1) is 13.1. The molecule has 3 rings (SSSR count). The van der Waals surface area contributed by atoms with Gasteiger partial charge in [0.1, 0.15) is 11.6 Å². The van der Waals surface area contributed by atoms with Gasteiger partial charge in [-0.2, -0.15) is 0 Å². The zero-order valence-corrected chi connectivity index (χ0v) is 15.0. The van der Waals surface area contributed by atoms with Crippen LogP contribution >= 0.6 is 0 Å². The van der Waals surface area contributed by atoms with E-state index in [1.165, 1.54) is 17.7 Å². The summed E-state index contributed by atoms with van der Waals surface area (Å²) in [4.78, 5) is 12.1. The summed E-state index contributed by atoms with van der Waals surface area (Å²) in [5, 5.41) is 0. The highest BCUT2D eigenvalue weighted by Gasteiger charge is 2.14. The highest BCUT2D eigenvalue weighted by molar-refractivity contribution is 5.91. The number of carbonyl (C=O) groups excluding carboxylic acids is 1. The SMILES string of the molecule is C#CCCc1ccc(-c2ccc(OC(=O)c3ccc(C)cc3F)cc2)cc1. The predicted molar refractivity (Wildman–Crippen MR) is 105 cm³/mol. The van der Waals surface area contributed by atoms with Crippen molar-refractivity contribution in [2.24, 2.45) is 0 Å². The monoisotopic (exact) mass is 358 g/mol. The first-order valence-corrected chi connectivity index (χ1v) is 8.68. The third-order valence-corrected chi connectivity index (χ3v) is 4.25. The van der Waals surface area contributed by atoms with Gasteiger partial charge < -0.3 is 4.74 Å². The van der Waals surface area contributed by atoms with Crippen molar-refractivity contribution in [3.63, 3.8) is 0 Å². The van der Waals surface area contributed by atoms with E-state index in [2.05, 4.69) is 18.1 Å². The van der Waals surface area contributed by atoms with Gasteiger partial charge >= 0.3 is 5.97 Å². The third-order valence-electron chi connectivity index (χ3n) is 4.25. The van der Waals surface area contributed by atoms with Crippen LogP contribution in [0.3, 0.4) is 0 Å². The molecule has 0 atom stereocenters. The van der Waals surface area contributed by atoms with Crippen LogP contribution in [0.25, 0.3) is 11.1 Å². The molecule has 0 spiro atoms. The summed E-state index contributed by atoms with van der Waals surface area (Å²) in [7, 11) is 0. The van der Waals surface area contributed by atoms with Gasteiger partial charge in [0.2, 0.25) is 0 Å². The molecule has 0 amide bonds. The molecule has 0 aliphatic rings. The summed E-state index contributed by atoms with van der Waals surface area (Å²) in [6.07, 6.45) is 6.88. The van der Waals surface area contributed by atoms with Crippen LogP contribution < -0.4 is 4.74 Å². The summed E-state index contributed by atoms with van der Waals surface area (Å²) < 4.78 is 19.2. The largest absolute Gasteiger partial charge is 0.423 e. The molecule has 0 saturated carbocycles. The lowest BCUT2D eigenvalue weighted by atomic mass is 10.0. The normalized spacial score (nSPS) is 10.3. The Labute approximate surface area is 158 Å². The van der Waals surface area contributed by atoms with Gasteiger partial charge in [-0.1, -0.05) is 42.5 Å². The second-order valence-corrected chi connectivity index (χ2v) is 6.30. The molecule has 0 radical (unpaired) electrons. The fraction of sp³-hybridized carbons (Fsp3) is 0.125. The van der Waals surface area contributed by atoms with Crippen molar-refractivity contribution < 1.29 is 13.9 Å². The van der Waals surface area contributed by atoms with Crippen molar-refractivity contribution in [1.82, 2.24) is 0 Å². The Balaban J connectivity index is 1.70. The minimum Gasteiger partial charge on any atom is -0.423 e. The maximum Gasteiger partial charge on any atom is 0.346 e. The van der Waals surface area contributed by atoms with Crippen molar-refractivity contribution in [3.05, 3.63) is 89.2 Å². The lowest BCUT2D eigenvalue weighted by molar-refractivity contribution is 0.0730. The van der Waals surface area contributed by atoms with Crippen molar-refractivity contribution in [2.45, 2.75) is 19.8 Å². The molecule has 0 aromatic heterocycles. The Morgan fingerprint density at radius 2 is 1.63 bits per heavy atom. The Morgan fingerprint density at radius 3 is 2.22 bits per heavy atom. The Kier molecular flexibility index (Phi) is 5.68. The Hall–Kier alpha value is -3.38. The fourth-order valence-electron chi connectivity index (χ4n) is 2.74. The van der Waals surface area contributed by atoms with E-state index in [-0.39, 0.29) is 5.56 Å². The molecule has 0 aliphatic heterocycles. The molecular weight excluding hydrogens is 339 g/mol. The Bertz CT molecular complexity index is 980. The summed E-state index contributed by atoms with van der Waals surface area (Å²) in [6.45, 7) is 1.76. The first-order valence-electron chi connectivity index (χ1n) is 8.68. The van der Waals surface area contributed by atoms with Crippen molar-refractivity contribution in [2.75, 3.05) is 0 Å². The van der Waals surface area contributed by atoms with E-state index in [4.69, 9.17) is 11.2 Å². The standard InChI is InChI=1S/C24H19FO2/c1-3-4-5-18-7-9-19(10-8-18)20-11-13-21(14-12-20)27-24(26)22-15-6-17(2)16-23(22)25/h1,6-16H,4-5H2,2H3. The van der Waals surface area contributed by atoms with Gasteiger partial charge in [0, 0.05) is 6.42 Å². The summed E-state index contributed by atoms with van der Waals surface area (Å²) >= 11 is 0. The maximum atomic E-state index is 13.9. The van der Waals surface area contributed by atoms with E-state index >= 15 is 0 Å². The smallest absolute Gasteiger partial charge is 0.346 e. The zero-order chi connectivity index (χ0) is 19.2. The molecule has 3 aromatic rings. The molecule has 3 heteroatoms. The number of hydrogen-bond donors (Lipinski definition) is 0. The van der Waals surface area contributed by atoms with Crippen LogP contribution in [0.4, 0.5) is 4.39 Å². The number of benzene rings is 3. The molecule has 0 saturated heterocycles. The second kappa shape index (κ2) is 8.33. The van der Waals surface area contributed by atoms with Gasteiger partial charge in [-0.3, -0.25) is 0 Å². The minimum absolute atomic E-state index is 0.0766. The summed E-state index contributed by atoms with van der Waals surface area (Å²) in [5.74, 6) is 1.72. The van der Waals surface area contributed by atoms with Crippen molar-refractivity contribution in [3.8, 4) is 29.2 Å². The van der Waals surface area contributed by atoms with Gasteiger partial charge in [0.25, 0.3) is 0 Å². The van der Waals surface area contributed by atoms with Crippen molar-refractivity contribution in [1.29, 1.82) is 0 Å². The van der Waals surface area contributed by atoms with Crippen LogP contribution in [-0.4, -0.2) is 5.97 Å². The number of aryl methyl sites for hydroxylation is 2. The van der Waals surface area contributed by atoms with Gasteiger partial charge in [0.05, 0.1) is 5.56 Å². The molecule has 0 unspecified atom stereocenters. The van der Waals surface area contributed by atoms with Gasteiger partial charge in [-0.15, -0.1) is 12.3 Å². The number of hydrogen-bond acceptors (Lipinski definition) is 2. The predicted octanol–water partition coefficient (Wildman–Crippen LogP) is 5.59. The number of esters is 1. The first kappa shape index (κ1) is 18.4. The van der Waals surface area contributed by atoms with E-state index in [9.17, 15) is 9.18 Å². The molecule has 0 bridgehead atoms. The molecule has 3 aromatic carbocycles. The maximum absolute atomic E-state index is 13.9. The van der Waals surface area contributed by atoms with E-state index < -0.39 is 11.8 Å². The van der Waals surface area contributed by atoms with Crippen LogP contribution in [0, 0.1) is 25.1 Å². The number of rotatable bonds is 5. The van der Waals surface area contributed by atoms with Gasteiger partial charge in [-0.25, -0.2) is 9.18 Å². The Morgan fingerprint density at radius 1 is 1.00 bits per heavy atom. The molecule has 27 heavy (non-hydrogen) atoms. The fourth-order valence-corrected chi connectivity index (χ4v) is 2.74. The minimum atomic E-state index is -0.710. The number of terminal acetylenes is 1. The average Bonchev–Trinajstić information content (AvgIpc) is 2.67. The molecule has 0 heterocycles. The molecular formula is C24H19FO2. The zero-order valence-electron chi connectivity index (χ0n) is 15.0. The van der Waals surface area contributed by atoms with E-state index in [0.29, 0.717) is 5.75 Å². The van der Waals surface area contributed by atoms with Crippen LogP contribution in [0.1, 0.15) is 27.9 Å². The van der Waals surface area contributed by atoms with Crippen molar-refractivity contribution >= 4 is 5.97 Å². The van der Waals surface area contributed by atoms with E-state index in [1.807, 2.05) is 24.3 Å². The topological polar surface area (TPSA) is 26.3 Å². The van der Waals surface area contributed by atoms with E-state index in [0.717, 1.165) is 29.5 Å². The molecule has 0 N–H and O–H groups in total. The molecule has 134 valence electrons. The number of halogens is 1. The quantitative estimate of drug-likeness (QED) is 0.338. The number of ether oxygens (including phenoxy) is 1. The third kappa shape index (κ3) is 4.62. The van der Waals surface area contributed by atoms with Crippen LogP contribution in [0.5, 0.6) is 5.75 Å². The highest BCUT2D eigenvalue weighted by atomic mass is 19.1. The molecule has 2 nitrogen and oxygen atoms in total. The van der Waals surface area contributed by atoms with Gasteiger partial charge in [-0.05, 0) is 59.9 Å².